The van der Waals surface area contributed by atoms with Crippen LogP contribution in [0.2, 0.25) is 0 Å². The number of aromatic nitrogens is 1. The summed E-state index contributed by atoms with van der Waals surface area (Å²) in [6, 6.07) is 0. The lowest BCUT2D eigenvalue weighted by atomic mass is 10.1. The van der Waals surface area contributed by atoms with E-state index >= 15 is 0 Å². The normalized spacial score (nSPS) is 10.4. The van der Waals surface area contributed by atoms with Crippen molar-refractivity contribution in [3.05, 3.63) is 21.6 Å². The second-order valence-corrected chi connectivity index (χ2v) is 3.90. The Balaban J connectivity index is 2.99. The first-order valence-corrected chi connectivity index (χ1v) is 5.60. The number of aromatic amines is 1. The molecule has 90 valence electrons. The standard InChI is InChI=1S/C12H19NO3/c1-4-5-6-7-9-10(14)11(15)12(16-3)8(2)13-9/h14H,4-7H2,1-3H3,(H,13,15). The van der Waals surface area contributed by atoms with Crippen molar-refractivity contribution in [1.82, 2.24) is 4.98 Å². The summed E-state index contributed by atoms with van der Waals surface area (Å²) in [4.78, 5) is 14.7. The summed E-state index contributed by atoms with van der Waals surface area (Å²) in [7, 11) is 1.42. The van der Waals surface area contributed by atoms with Crippen LogP contribution in [0.1, 0.15) is 37.6 Å². The molecule has 1 aromatic rings. The molecule has 0 radical (unpaired) electrons. The van der Waals surface area contributed by atoms with Crippen LogP contribution in [0.25, 0.3) is 0 Å². The van der Waals surface area contributed by atoms with Crippen molar-refractivity contribution in [2.24, 2.45) is 0 Å². The van der Waals surface area contributed by atoms with Crippen LogP contribution < -0.4 is 10.2 Å². The average molecular weight is 225 g/mol. The number of rotatable bonds is 5. The molecule has 0 saturated carbocycles. The zero-order chi connectivity index (χ0) is 12.1. The minimum absolute atomic E-state index is 0.191. The third-order valence-corrected chi connectivity index (χ3v) is 2.62. The third kappa shape index (κ3) is 2.56. The Labute approximate surface area is 95.3 Å². The van der Waals surface area contributed by atoms with Gasteiger partial charge in [0.05, 0.1) is 18.5 Å². The van der Waals surface area contributed by atoms with Crippen molar-refractivity contribution in [1.29, 1.82) is 0 Å². The summed E-state index contributed by atoms with van der Waals surface area (Å²) in [6.07, 6.45) is 3.86. The molecule has 0 unspecified atom stereocenters. The summed E-state index contributed by atoms with van der Waals surface area (Å²) < 4.78 is 4.93. The summed E-state index contributed by atoms with van der Waals surface area (Å²) >= 11 is 0. The number of methoxy groups -OCH3 is 1. The Morgan fingerprint density at radius 3 is 2.62 bits per heavy atom. The molecular weight excluding hydrogens is 206 g/mol. The van der Waals surface area contributed by atoms with E-state index in [2.05, 4.69) is 11.9 Å². The molecular formula is C12H19NO3. The lowest BCUT2D eigenvalue weighted by Gasteiger charge is -2.09. The first kappa shape index (κ1) is 12.6. The van der Waals surface area contributed by atoms with Crippen LogP contribution in [0.3, 0.4) is 0 Å². The minimum atomic E-state index is -0.426. The van der Waals surface area contributed by atoms with Crippen LogP contribution in [0.5, 0.6) is 11.5 Å². The number of ether oxygens (including phenoxy) is 1. The molecule has 4 heteroatoms. The summed E-state index contributed by atoms with van der Waals surface area (Å²) in [5, 5.41) is 9.71. The van der Waals surface area contributed by atoms with E-state index in [9.17, 15) is 9.90 Å². The van der Waals surface area contributed by atoms with Crippen LogP contribution in [-0.4, -0.2) is 17.2 Å². The number of aryl methyl sites for hydroxylation is 2. The fourth-order valence-electron chi connectivity index (χ4n) is 1.74. The predicted molar refractivity (Wildman–Crippen MR) is 63.2 cm³/mol. The van der Waals surface area contributed by atoms with Gasteiger partial charge in [0.2, 0.25) is 0 Å². The topological polar surface area (TPSA) is 62.3 Å². The van der Waals surface area contributed by atoms with Gasteiger partial charge in [-0.2, -0.15) is 0 Å². The monoisotopic (exact) mass is 225 g/mol. The van der Waals surface area contributed by atoms with E-state index in [-0.39, 0.29) is 11.5 Å². The second-order valence-electron chi connectivity index (χ2n) is 3.90. The van der Waals surface area contributed by atoms with Crippen molar-refractivity contribution in [2.45, 2.75) is 39.5 Å². The Hall–Kier alpha value is -1.45. The van der Waals surface area contributed by atoms with Crippen LogP contribution in [0.4, 0.5) is 0 Å². The van der Waals surface area contributed by atoms with Crippen LogP contribution >= 0.6 is 0 Å². The number of nitrogens with one attached hydrogen (secondary N) is 1. The molecule has 0 fully saturated rings. The highest BCUT2D eigenvalue weighted by atomic mass is 16.5. The van der Waals surface area contributed by atoms with Gasteiger partial charge in [-0.05, 0) is 19.8 Å². The second kappa shape index (κ2) is 5.58. The van der Waals surface area contributed by atoms with Crippen LogP contribution in [-0.2, 0) is 6.42 Å². The fraction of sp³-hybridized carbons (Fsp3) is 0.583. The van der Waals surface area contributed by atoms with Crippen LogP contribution in [0, 0.1) is 6.92 Å². The van der Waals surface area contributed by atoms with Gasteiger partial charge >= 0.3 is 0 Å². The van der Waals surface area contributed by atoms with Gasteiger partial charge in [-0.15, -0.1) is 0 Å². The van der Waals surface area contributed by atoms with Crippen molar-refractivity contribution in [3.8, 4) is 11.5 Å². The Bertz CT molecular complexity index is 409. The molecule has 0 aliphatic carbocycles. The molecule has 0 aliphatic rings. The van der Waals surface area contributed by atoms with Crippen molar-refractivity contribution < 1.29 is 9.84 Å². The van der Waals surface area contributed by atoms with E-state index in [4.69, 9.17) is 4.74 Å². The number of hydrogen-bond donors (Lipinski definition) is 2. The minimum Gasteiger partial charge on any atom is -0.503 e. The molecule has 0 amide bonds. The van der Waals surface area contributed by atoms with E-state index in [1.807, 2.05) is 0 Å². The lowest BCUT2D eigenvalue weighted by Crippen LogP contribution is -2.11. The molecule has 0 spiro atoms. The maximum absolute atomic E-state index is 11.7. The molecule has 0 bridgehead atoms. The maximum Gasteiger partial charge on any atom is 0.265 e. The van der Waals surface area contributed by atoms with Gasteiger partial charge < -0.3 is 14.8 Å². The highest BCUT2D eigenvalue weighted by Crippen LogP contribution is 2.19. The Kier molecular flexibility index (Phi) is 4.40. The molecule has 2 N–H and O–H groups in total. The zero-order valence-corrected chi connectivity index (χ0v) is 10.1. The van der Waals surface area contributed by atoms with Crippen LogP contribution in [0.15, 0.2) is 4.79 Å². The van der Waals surface area contributed by atoms with Gasteiger partial charge in [-0.3, -0.25) is 4.79 Å². The summed E-state index contributed by atoms with van der Waals surface area (Å²) in [5.41, 5.74) is 0.846. The highest BCUT2D eigenvalue weighted by molar-refractivity contribution is 5.38. The predicted octanol–water partition coefficient (Wildman–Crippen LogP) is 2.13. The molecule has 1 rings (SSSR count). The van der Waals surface area contributed by atoms with E-state index in [1.165, 1.54) is 7.11 Å². The van der Waals surface area contributed by atoms with E-state index in [0.29, 0.717) is 17.8 Å². The first-order valence-electron chi connectivity index (χ1n) is 5.60. The van der Waals surface area contributed by atoms with Gasteiger partial charge in [0, 0.05) is 0 Å². The molecule has 1 aromatic heterocycles. The number of H-pyrrole nitrogens is 1. The SMILES string of the molecule is CCCCCc1[nH]c(C)c(OC)c(=O)c1O. The molecule has 0 aliphatic heterocycles. The largest absolute Gasteiger partial charge is 0.503 e. The number of hydrogen-bond acceptors (Lipinski definition) is 3. The molecule has 0 atom stereocenters. The number of pyridine rings is 1. The quantitative estimate of drug-likeness (QED) is 0.754. The smallest absolute Gasteiger partial charge is 0.265 e. The average Bonchev–Trinajstić information content (AvgIpc) is 2.26. The summed E-state index contributed by atoms with van der Waals surface area (Å²) in [6.45, 7) is 3.88. The molecule has 1 heterocycles. The summed E-state index contributed by atoms with van der Waals surface area (Å²) in [5.74, 6) is -0.0182. The lowest BCUT2D eigenvalue weighted by molar-refractivity contribution is 0.392. The fourth-order valence-corrected chi connectivity index (χ4v) is 1.74. The number of unbranched alkanes of at least 4 members (excludes halogenated alkanes) is 2. The molecule has 16 heavy (non-hydrogen) atoms. The third-order valence-electron chi connectivity index (χ3n) is 2.62. The Morgan fingerprint density at radius 2 is 2.06 bits per heavy atom. The first-order chi connectivity index (χ1) is 7.61. The number of aromatic hydroxyl groups is 1. The van der Waals surface area contributed by atoms with Gasteiger partial charge in [-0.1, -0.05) is 19.8 Å². The van der Waals surface area contributed by atoms with Gasteiger partial charge in [0.25, 0.3) is 5.43 Å². The zero-order valence-electron chi connectivity index (χ0n) is 10.1. The van der Waals surface area contributed by atoms with Crippen molar-refractivity contribution in [2.75, 3.05) is 7.11 Å². The van der Waals surface area contributed by atoms with Gasteiger partial charge in [0.15, 0.2) is 11.5 Å². The molecule has 0 aromatic carbocycles. The van der Waals surface area contributed by atoms with E-state index < -0.39 is 5.43 Å². The van der Waals surface area contributed by atoms with Crippen molar-refractivity contribution >= 4 is 0 Å². The van der Waals surface area contributed by atoms with Gasteiger partial charge in [-0.25, -0.2) is 0 Å². The van der Waals surface area contributed by atoms with Gasteiger partial charge in [0.1, 0.15) is 0 Å². The molecule has 0 saturated heterocycles. The molecule has 4 nitrogen and oxygen atoms in total. The van der Waals surface area contributed by atoms with E-state index in [0.717, 1.165) is 19.3 Å². The van der Waals surface area contributed by atoms with E-state index in [1.54, 1.807) is 6.92 Å². The van der Waals surface area contributed by atoms with Crippen molar-refractivity contribution in [3.63, 3.8) is 0 Å². The Morgan fingerprint density at radius 1 is 1.38 bits per heavy atom. The maximum atomic E-state index is 11.7. The highest BCUT2D eigenvalue weighted by Gasteiger charge is 2.13.